The van der Waals surface area contributed by atoms with Crippen LogP contribution in [0.5, 0.6) is 0 Å². The van der Waals surface area contributed by atoms with Crippen LogP contribution in [0.15, 0.2) is 54.6 Å². The average molecular weight is 330 g/mol. The number of hydrogen-bond donors (Lipinski definition) is 2. The third-order valence-corrected chi connectivity index (χ3v) is 3.85. The number of hydrogen-bond acceptors (Lipinski definition) is 2. The number of rotatable bonds is 3. The van der Waals surface area contributed by atoms with Crippen molar-refractivity contribution in [3.8, 4) is 0 Å². The van der Waals surface area contributed by atoms with Gasteiger partial charge in [0.1, 0.15) is 0 Å². The van der Waals surface area contributed by atoms with Gasteiger partial charge in [-0.3, -0.25) is 4.79 Å². The molecule has 0 aliphatic carbocycles. The van der Waals surface area contributed by atoms with Crippen molar-refractivity contribution in [3.63, 3.8) is 0 Å². The van der Waals surface area contributed by atoms with Crippen LogP contribution in [0.2, 0.25) is 5.02 Å². The molecule has 118 valence electrons. The molecule has 1 heterocycles. The van der Waals surface area contributed by atoms with Crippen LogP contribution < -0.4 is 15.5 Å². The Labute approximate surface area is 139 Å². The van der Waals surface area contributed by atoms with Crippen LogP contribution in [0.1, 0.15) is 6.42 Å². The van der Waals surface area contributed by atoms with Crippen molar-refractivity contribution in [2.45, 2.75) is 12.5 Å². The Hall–Kier alpha value is -2.53. The summed E-state index contributed by atoms with van der Waals surface area (Å²) in [4.78, 5) is 25.8. The minimum atomic E-state index is -0.347. The van der Waals surface area contributed by atoms with E-state index in [4.69, 9.17) is 11.6 Å². The quantitative estimate of drug-likeness (QED) is 0.908. The molecule has 6 heteroatoms. The van der Waals surface area contributed by atoms with E-state index >= 15 is 0 Å². The summed E-state index contributed by atoms with van der Waals surface area (Å²) < 4.78 is 0. The van der Waals surface area contributed by atoms with E-state index < -0.39 is 0 Å². The molecule has 2 aromatic rings. The number of amides is 3. The fraction of sp³-hybridized carbons (Fsp3) is 0.176. The maximum absolute atomic E-state index is 12.1. The first-order chi connectivity index (χ1) is 11.1. The highest BCUT2D eigenvalue weighted by Gasteiger charge is 2.31. The molecular weight excluding hydrogens is 314 g/mol. The monoisotopic (exact) mass is 329 g/mol. The summed E-state index contributed by atoms with van der Waals surface area (Å²) >= 11 is 5.88. The average Bonchev–Trinajstić information content (AvgIpc) is 2.88. The molecule has 0 radical (unpaired) electrons. The zero-order chi connectivity index (χ0) is 16.2. The SMILES string of the molecule is O=C(Nc1cccc(Cl)c1)NC1CC(=O)N(c2ccccc2)C1. The van der Waals surface area contributed by atoms with Crippen molar-refractivity contribution in [1.82, 2.24) is 5.32 Å². The number of anilines is 2. The largest absolute Gasteiger partial charge is 0.333 e. The molecule has 0 aromatic heterocycles. The van der Waals surface area contributed by atoms with Crippen molar-refractivity contribution < 1.29 is 9.59 Å². The molecule has 2 N–H and O–H groups in total. The number of para-hydroxylation sites is 1. The molecule has 3 rings (SSSR count). The predicted octanol–water partition coefficient (Wildman–Crippen LogP) is 3.27. The highest BCUT2D eigenvalue weighted by molar-refractivity contribution is 6.30. The van der Waals surface area contributed by atoms with E-state index in [1.54, 1.807) is 29.2 Å². The molecule has 0 saturated carbocycles. The van der Waals surface area contributed by atoms with Gasteiger partial charge in [-0.1, -0.05) is 35.9 Å². The van der Waals surface area contributed by atoms with Gasteiger partial charge in [0.25, 0.3) is 0 Å². The Morgan fingerprint density at radius 1 is 1.13 bits per heavy atom. The fourth-order valence-corrected chi connectivity index (χ4v) is 2.77. The van der Waals surface area contributed by atoms with Crippen LogP contribution in [0.4, 0.5) is 16.2 Å². The van der Waals surface area contributed by atoms with E-state index in [2.05, 4.69) is 10.6 Å². The van der Waals surface area contributed by atoms with Crippen molar-refractivity contribution >= 4 is 34.9 Å². The van der Waals surface area contributed by atoms with Crippen LogP contribution in [0.25, 0.3) is 0 Å². The van der Waals surface area contributed by atoms with Gasteiger partial charge >= 0.3 is 6.03 Å². The van der Waals surface area contributed by atoms with Gasteiger partial charge < -0.3 is 15.5 Å². The fourth-order valence-electron chi connectivity index (χ4n) is 2.58. The van der Waals surface area contributed by atoms with E-state index in [1.165, 1.54) is 0 Å². The predicted molar refractivity (Wildman–Crippen MR) is 90.8 cm³/mol. The lowest BCUT2D eigenvalue weighted by Gasteiger charge is -2.17. The maximum atomic E-state index is 12.1. The number of carbonyl (C=O) groups is 2. The van der Waals surface area contributed by atoms with Gasteiger partial charge in [-0.05, 0) is 30.3 Å². The van der Waals surface area contributed by atoms with Crippen molar-refractivity contribution in [2.75, 3.05) is 16.8 Å². The second kappa shape index (κ2) is 6.71. The van der Waals surface area contributed by atoms with Gasteiger partial charge in [-0.25, -0.2) is 4.79 Å². The lowest BCUT2D eigenvalue weighted by atomic mass is 10.2. The van der Waals surface area contributed by atoms with Gasteiger partial charge in [0.15, 0.2) is 0 Å². The van der Waals surface area contributed by atoms with Gasteiger partial charge in [0, 0.05) is 29.4 Å². The summed E-state index contributed by atoms with van der Waals surface area (Å²) in [6, 6.07) is 15.8. The summed E-state index contributed by atoms with van der Waals surface area (Å²) in [5.41, 5.74) is 1.45. The van der Waals surface area contributed by atoms with Crippen molar-refractivity contribution in [3.05, 3.63) is 59.6 Å². The minimum Gasteiger partial charge on any atom is -0.333 e. The van der Waals surface area contributed by atoms with Crippen molar-refractivity contribution in [2.24, 2.45) is 0 Å². The molecule has 5 nitrogen and oxygen atoms in total. The second-order valence-corrected chi connectivity index (χ2v) is 5.79. The highest BCUT2D eigenvalue weighted by atomic mass is 35.5. The molecule has 2 aromatic carbocycles. The number of halogens is 1. The summed E-state index contributed by atoms with van der Waals surface area (Å²) in [7, 11) is 0. The Bertz CT molecular complexity index is 721. The van der Waals surface area contributed by atoms with Crippen LogP contribution in [-0.2, 0) is 4.79 Å². The first kappa shape index (κ1) is 15.4. The highest BCUT2D eigenvalue weighted by Crippen LogP contribution is 2.21. The maximum Gasteiger partial charge on any atom is 0.319 e. The van der Waals surface area contributed by atoms with Crippen LogP contribution >= 0.6 is 11.6 Å². The first-order valence-electron chi connectivity index (χ1n) is 7.30. The Morgan fingerprint density at radius 2 is 1.91 bits per heavy atom. The zero-order valence-corrected chi connectivity index (χ0v) is 13.1. The molecule has 0 spiro atoms. The molecule has 0 bridgehead atoms. The molecule has 1 atom stereocenters. The van der Waals surface area contributed by atoms with Crippen LogP contribution in [0.3, 0.4) is 0 Å². The van der Waals surface area contributed by atoms with Crippen LogP contribution in [0, 0.1) is 0 Å². The van der Waals surface area contributed by atoms with E-state index in [1.807, 2.05) is 30.3 Å². The molecule has 1 fully saturated rings. The second-order valence-electron chi connectivity index (χ2n) is 5.35. The third-order valence-electron chi connectivity index (χ3n) is 3.61. The topological polar surface area (TPSA) is 61.4 Å². The number of urea groups is 1. The first-order valence-corrected chi connectivity index (χ1v) is 7.68. The molecular formula is C17H16ClN3O2. The van der Waals surface area contributed by atoms with Gasteiger partial charge in [-0.2, -0.15) is 0 Å². The number of nitrogens with one attached hydrogen (secondary N) is 2. The molecule has 1 unspecified atom stereocenters. The lowest BCUT2D eigenvalue weighted by molar-refractivity contribution is -0.117. The minimum absolute atomic E-state index is 0.00394. The summed E-state index contributed by atoms with van der Waals surface area (Å²) in [6.45, 7) is 0.464. The Kier molecular flexibility index (Phi) is 4.48. The van der Waals surface area contributed by atoms with E-state index in [-0.39, 0.29) is 24.4 Å². The molecule has 3 amide bonds. The standard InChI is InChI=1S/C17H16ClN3O2/c18-12-5-4-6-13(9-12)19-17(23)20-14-10-16(22)21(11-14)15-7-2-1-3-8-15/h1-9,14H,10-11H2,(H2,19,20,23). The number of carbonyl (C=O) groups excluding carboxylic acids is 2. The zero-order valence-electron chi connectivity index (χ0n) is 12.3. The van der Waals surface area contributed by atoms with E-state index in [0.717, 1.165) is 5.69 Å². The molecule has 23 heavy (non-hydrogen) atoms. The van der Waals surface area contributed by atoms with Crippen LogP contribution in [-0.4, -0.2) is 24.5 Å². The van der Waals surface area contributed by atoms with Gasteiger partial charge in [0.05, 0.1) is 6.04 Å². The lowest BCUT2D eigenvalue weighted by Crippen LogP contribution is -2.39. The summed E-state index contributed by atoms with van der Waals surface area (Å²) in [5, 5.41) is 6.09. The number of nitrogens with zero attached hydrogens (tertiary/aromatic N) is 1. The summed E-state index contributed by atoms with van der Waals surface area (Å²) in [5.74, 6) is 0.00394. The van der Waals surface area contributed by atoms with Gasteiger partial charge in [0.2, 0.25) is 5.91 Å². The number of benzene rings is 2. The van der Waals surface area contributed by atoms with E-state index in [9.17, 15) is 9.59 Å². The third kappa shape index (κ3) is 3.81. The Balaban J connectivity index is 1.59. The molecule has 1 saturated heterocycles. The summed E-state index contributed by atoms with van der Waals surface area (Å²) in [6.07, 6.45) is 0.290. The molecule has 1 aliphatic rings. The Morgan fingerprint density at radius 3 is 2.65 bits per heavy atom. The van der Waals surface area contributed by atoms with E-state index in [0.29, 0.717) is 17.3 Å². The smallest absolute Gasteiger partial charge is 0.319 e. The van der Waals surface area contributed by atoms with Gasteiger partial charge in [-0.15, -0.1) is 0 Å². The molecule has 1 aliphatic heterocycles. The van der Waals surface area contributed by atoms with Crippen molar-refractivity contribution in [1.29, 1.82) is 0 Å². The normalized spacial score (nSPS) is 17.2.